The van der Waals surface area contributed by atoms with Crippen LogP contribution in [0.15, 0.2) is 52.7 Å². The molecule has 1 aliphatic rings. The maximum atomic E-state index is 12.6. The Morgan fingerprint density at radius 1 is 1.13 bits per heavy atom. The second-order valence-electron chi connectivity index (χ2n) is 4.65. The van der Waals surface area contributed by atoms with Crippen molar-refractivity contribution in [2.24, 2.45) is 0 Å². The van der Waals surface area contributed by atoms with Gasteiger partial charge in [0.1, 0.15) is 17.1 Å². The van der Waals surface area contributed by atoms with Crippen LogP contribution in [0.5, 0.6) is 5.75 Å². The monoisotopic (exact) mass is 312 g/mol. The molecule has 0 unspecified atom stereocenters. The summed E-state index contributed by atoms with van der Waals surface area (Å²) in [5.74, 6) is -0.859. The predicted octanol–water partition coefficient (Wildman–Crippen LogP) is 1.95. The van der Waals surface area contributed by atoms with Crippen molar-refractivity contribution < 1.29 is 23.5 Å². The molecule has 0 radical (unpaired) electrons. The van der Waals surface area contributed by atoms with Gasteiger partial charge < -0.3 is 9.15 Å². The van der Waals surface area contributed by atoms with Gasteiger partial charge in [0, 0.05) is 0 Å². The lowest BCUT2D eigenvalue weighted by Gasteiger charge is -2.27. The van der Waals surface area contributed by atoms with Crippen molar-refractivity contribution in [3.8, 4) is 5.75 Å². The molecule has 1 N–H and O–H groups in total. The Morgan fingerprint density at radius 2 is 1.91 bits per heavy atom. The Hall–Kier alpha value is -3.35. The number of methoxy groups -OCH3 is 1. The van der Waals surface area contributed by atoms with E-state index in [0.717, 1.165) is 4.90 Å². The van der Waals surface area contributed by atoms with Gasteiger partial charge in [-0.2, -0.15) is 0 Å². The third-order valence-corrected chi connectivity index (χ3v) is 3.26. The molecular formula is C16H12N2O5. The van der Waals surface area contributed by atoms with Crippen molar-refractivity contribution in [2.45, 2.75) is 0 Å². The molecule has 2 heterocycles. The van der Waals surface area contributed by atoms with Crippen molar-refractivity contribution >= 4 is 29.6 Å². The molecule has 23 heavy (non-hydrogen) atoms. The maximum absolute atomic E-state index is 12.6. The summed E-state index contributed by atoms with van der Waals surface area (Å²) in [6.45, 7) is 0. The van der Waals surface area contributed by atoms with Gasteiger partial charge in [-0.05, 0) is 30.3 Å². The molecule has 0 spiro atoms. The minimum absolute atomic E-state index is 0.203. The van der Waals surface area contributed by atoms with Crippen LogP contribution in [-0.2, 0) is 9.59 Å². The number of furan rings is 1. The first-order chi connectivity index (χ1) is 11.1. The highest BCUT2D eigenvalue weighted by atomic mass is 16.5. The maximum Gasteiger partial charge on any atom is 0.336 e. The van der Waals surface area contributed by atoms with Gasteiger partial charge in [0.05, 0.1) is 19.1 Å². The van der Waals surface area contributed by atoms with E-state index in [-0.39, 0.29) is 11.3 Å². The van der Waals surface area contributed by atoms with E-state index in [0.29, 0.717) is 11.5 Å². The van der Waals surface area contributed by atoms with E-state index in [1.54, 1.807) is 36.4 Å². The number of imide groups is 2. The SMILES string of the molecule is COc1ccccc1N1C(=O)NC(=O)/C(=C/c2ccco2)C1=O. The molecule has 1 aliphatic heterocycles. The van der Waals surface area contributed by atoms with Crippen LogP contribution in [0.25, 0.3) is 6.08 Å². The highest BCUT2D eigenvalue weighted by Crippen LogP contribution is 2.30. The summed E-state index contributed by atoms with van der Waals surface area (Å²) < 4.78 is 10.3. The molecular weight excluding hydrogens is 300 g/mol. The highest BCUT2D eigenvalue weighted by Gasteiger charge is 2.38. The largest absolute Gasteiger partial charge is 0.495 e. The van der Waals surface area contributed by atoms with Crippen LogP contribution in [0.3, 0.4) is 0 Å². The van der Waals surface area contributed by atoms with Gasteiger partial charge in [0.15, 0.2) is 0 Å². The Labute approximate surface area is 131 Å². The molecule has 1 aromatic heterocycles. The highest BCUT2D eigenvalue weighted by molar-refractivity contribution is 6.39. The molecule has 7 nitrogen and oxygen atoms in total. The van der Waals surface area contributed by atoms with Crippen LogP contribution in [0, 0.1) is 0 Å². The molecule has 0 saturated carbocycles. The fourth-order valence-electron chi connectivity index (χ4n) is 2.21. The van der Waals surface area contributed by atoms with Crippen molar-refractivity contribution in [1.29, 1.82) is 0 Å². The van der Waals surface area contributed by atoms with Gasteiger partial charge in [-0.1, -0.05) is 12.1 Å². The summed E-state index contributed by atoms with van der Waals surface area (Å²) in [4.78, 5) is 37.5. The number of carbonyl (C=O) groups excluding carboxylic acids is 3. The third kappa shape index (κ3) is 2.59. The lowest BCUT2D eigenvalue weighted by molar-refractivity contribution is -0.122. The molecule has 0 bridgehead atoms. The topological polar surface area (TPSA) is 88.8 Å². The van der Waals surface area contributed by atoms with E-state index < -0.39 is 17.8 Å². The number of amides is 4. The summed E-state index contributed by atoms with van der Waals surface area (Å²) in [5, 5.41) is 2.13. The smallest absolute Gasteiger partial charge is 0.336 e. The fourth-order valence-corrected chi connectivity index (χ4v) is 2.21. The summed E-state index contributed by atoms with van der Waals surface area (Å²) in [6.07, 6.45) is 2.70. The number of hydrogen-bond acceptors (Lipinski definition) is 5. The molecule has 3 rings (SSSR count). The first-order valence-corrected chi connectivity index (χ1v) is 6.70. The number of urea groups is 1. The van der Waals surface area contributed by atoms with Crippen molar-refractivity contribution in [2.75, 3.05) is 12.0 Å². The zero-order valence-corrected chi connectivity index (χ0v) is 12.1. The van der Waals surface area contributed by atoms with Gasteiger partial charge in [-0.15, -0.1) is 0 Å². The van der Waals surface area contributed by atoms with E-state index in [9.17, 15) is 14.4 Å². The molecule has 2 aromatic rings. The summed E-state index contributed by atoms with van der Waals surface area (Å²) >= 11 is 0. The molecule has 7 heteroatoms. The van der Waals surface area contributed by atoms with E-state index in [4.69, 9.17) is 9.15 Å². The molecule has 116 valence electrons. The van der Waals surface area contributed by atoms with Crippen LogP contribution >= 0.6 is 0 Å². The average molecular weight is 312 g/mol. The molecule has 0 atom stereocenters. The van der Waals surface area contributed by atoms with Gasteiger partial charge in [0.25, 0.3) is 11.8 Å². The van der Waals surface area contributed by atoms with Gasteiger partial charge >= 0.3 is 6.03 Å². The second kappa shape index (κ2) is 5.80. The number of para-hydroxylation sites is 2. The van der Waals surface area contributed by atoms with E-state index in [1.807, 2.05) is 0 Å². The number of nitrogens with one attached hydrogen (secondary N) is 1. The van der Waals surface area contributed by atoms with Gasteiger partial charge in [-0.25, -0.2) is 9.69 Å². The number of rotatable bonds is 3. The average Bonchev–Trinajstić information content (AvgIpc) is 3.05. The lowest BCUT2D eigenvalue weighted by Crippen LogP contribution is -2.54. The van der Waals surface area contributed by atoms with Crippen molar-refractivity contribution in [1.82, 2.24) is 5.32 Å². The standard InChI is InChI=1S/C16H12N2O5/c1-22-13-7-3-2-6-12(13)18-15(20)11(14(19)17-16(18)21)9-10-5-4-8-23-10/h2-9H,1H3,(H,17,19,21)/b11-9-. The first-order valence-electron chi connectivity index (χ1n) is 6.70. The van der Waals surface area contributed by atoms with Crippen LogP contribution < -0.4 is 15.0 Å². The second-order valence-corrected chi connectivity index (χ2v) is 4.65. The minimum Gasteiger partial charge on any atom is -0.495 e. The zero-order valence-electron chi connectivity index (χ0n) is 12.1. The van der Waals surface area contributed by atoms with Crippen LogP contribution in [-0.4, -0.2) is 25.0 Å². The summed E-state index contributed by atoms with van der Waals surface area (Å²) in [5.41, 5.74) is 0.0424. The Morgan fingerprint density at radius 3 is 2.61 bits per heavy atom. The van der Waals surface area contributed by atoms with E-state index in [2.05, 4.69) is 5.32 Å². The van der Waals surface area contributed by atoms with Crippen LogP contribution in [0.4, 0.5) is 10.5 Å². The molecule has 1 saturated heterocycles. The number of ether oxygens (including phenoxy) is 1. The van der Waals surface area contributed by atoms with Crippen molar-refractivity contribution in [3.63, 3.8) is 0 Å². The zero-order chi connectivity index (χ0) is 16.4. The summed E-state index contributed by atoms with van der Waals surface area (Å²) in [6, 6.07) is 8.92. The van der Waals surface area contributed by atoms with Crippen LogP contribution in [0.2, 0.25) is 0 Å². The molecule has 4 amide bonds. The normalized spacial score (nSPS) is 16.7. The lowest BCUT2D eigenvalue weighted by atomic mass is 10.1. The van der Waals surface area contributed by atoms with Crippen molar-refractivity contribution in [3.05, 3.63) is 54.0 Å². The first kappa shape index (κ1) is 14.6. The number of hydrogen-bond donors (Lipinski definition) is 1. The number of carbonyl (C=O) groups is 3. The Balaban J connectivity index is 2.05. The van der Waals surface area contributed by atoms with Crippen LogP contribution in [0.1, 0.15) is 5.76 Å². The third-order valence-electron chi connectivity index (χ3n) is 3.26. The fraction of sp³-hybridized carbons (Fsp3) is 0.0625. The molecule has 1 fully saturated rings. The Bertz CT molecular complexity index is 808. The van der Waals surface area contributed by atoms with E-state index in [1.165, 1.54) is 19.4 Å². The Kier molecular flexibility index (Phi) is 3.68. The number of benzene rings is 1. The minimum atomic E-state index is -0.832. The number of nitrogens with zero attached hydrogens (tertiary/aromatic N) is 1. The van der Waals surface area contributed by atoms with E-state index >= 15 is 0 Å². The van der Waals surface area contributed by atoms with Gasteiger partial charge in [0.2, 0.25) is 0 Å². The predicted molar refractivity (Wildman–Crippen MR) is 80.7 cm³/mol. The number of anilines is 1. The quantitative estimate of drug-likeness (QED) is 0.691. The molecule has 0 aliphatic carbocycles. The molecule has 1 aromatic carbocycles. The van der Waals surface area contributed by atoms with Gasteiger partial charge in [-0.3, -0.25) is 14.9 Å². The summed E-state index contributed by atoms with van der Waals surface area (Å²) in [7, 11) is 1.43. The number of barbiturate groups is 1.